The van der Waals surface area contributed by atoms with Crippen LogP contribution in [0.5, 0.6) is 0 Å². The molecule has 1 heterocycles. The van der Waals surface area contributed by atoms with Crippen LogP contribution in [-0.2, 0) is 17.9 Å². The smallest absolute Gasteiger partial charge is 0.254 e. The van der Waals surface area contributed by atoms with Crippen molar-refractivity contribution in [1.29, 1.82) is 0 Å². The van der Waals surface area contributed by atoms with Crippen molar-refractivity contribution in [1.82, 2.24) is 15.1 Å². The first kappa shape index (κ1) is 24.0. The van der Waals surface area contributed by atoms with E-state index < -0.39 is 0 Å². The molecule has 0 bridgehead atoms. The summed E-state index contributed by atoms with van der Waals surface area (Å²) in [5.74, 6) is -0.129. The van der Waals surface area contributed by atoms with Crippen LogP contribution in [0.3, 0.4) is 0 Å². The fourth-order valence-corrected chi connectivity index (χ4v) is 4.76. The summed E-state index contributed by atoms with van der Waals surface area (Å²) in [6.07, 6.45) is 1.66. The topological polar surface area (TPSA) is 52.7 Å². The molecule has 0 aromatic heterocycles. The van der Waals surface area contributed by atoms with E-state index in [0.717, 1.165) is 48.8 Å². The minimum absolute atomic E-state index is 0.0121. The summed E-state index contributed by atoms with van der Waals surface area (Å²) in [5, 5.41) is 5.11. The molecule has 4 rings (SSSR count). The van der Waals surface area contributed by atoms with Crippen LogP contribution in [0.15, 0.2) is 66.7 Å². The molecule has 5 heteroatoms. The number of fused-ring (bicyclic) bond motifs is 1. The summed E-state index contributed by atoms with van der Waals surface area (Å²) in [4.78, 5) is 30.5. The number of benzene rings is 3. The average molecular weight is 458 g/mol. The van der Waals surface area contributed by atoms with Gasteiger partial charge in [-0.25, -0.2) is 0 Å². The van der Waals surface area contributed by atoms with Gasteiger partial charge in [0.15, 0.2) is 0 Å². The highest BCUT2D eigenvalue weighted by Crippen LogP contribution is 2.24. The molecule has 34 heavy (non-hydrogen) atoms. The van der Waals surface area contributed by atoms with Gasteiger partial charge in [-0.2, -0.15) is 0 Å². The van der Waals surface area contributed by atoms with Crippen molar-refractivity contribution in [3.8, 4) is 0 Å². The summed E-state index contributed by atoms with van der Waals surface area (Å²) in [7, 11) is 0. The molecule has 0 radical (unpaired) electrons. The minimum Gasteiger partial charge on any atom is -0.352 e. The lowest BCUT2D eigenvalue weighted by Crippen LogP contribution is -2.45. The number of likely N-dealkylation sites (tertiary alicyclic amines) is 1. The van der Waals surface area contributed by atoms with Gasteiger partial charge in [0, 0.05) is 31.7 Å². The van der Waals surface area contributed by atoms with E-state index in [-0.39, 0.29) is 17.7 Å². The van der Waals surface area contributed by atoms with Crippen LogP contribution < -0.4 is 5.32 Å². The molecule has 2 amide bonds. The van der Waals surface area contributed by atoms with Crippen molar-refractivity contribution >= 4 is 22.6 Å². The second-order valence-corrected chi connectivity index (χ2v) is 9.11. The van der Waals surface area contributed by atoms with Gasteiger partial charge >= 0.3 is 0 Å². The normalized spacial score (nSPS) is 16.1. The summed E-state index contributed by atoms with van der Waals surface area (Å²) >= 11 is 0. The van der Waals surface area contributed by atoms with Gasteiger partial charge in [-0.15, -0.1) is 0 Å². The number of amides is 2. The number of nitrogens with one attached hydrogen (secondary N) is 1. The SMILES string of the molecule is CCN(CC)Cc1ccc(CNC(=O)C2CCCN(C(=O)c3cccc4ccccc34)C2)cc1. The number of piperidine rings is 1. The molecule has 5 nitrogen and oxygen atoms in total. The predicted octanol–water partition coefficient (Wildman–Crippen LogP) is 4.85. The minimum atomic E-state index is -0.172. The van der Waals surface area contributed by atoms with Gasteiger partial charge in [-0.05, 0) is 53.9 Å². The van der Waals surface area contributed by atoms with E-state index >= 15 is 0 Å². The van der Waals surface area contributed by atoms with Gasteiger partial charge in [0.2, 0.25) is 5.91 Å². The van der Waals surface area contributed by atoms with Crippen LogP contribution in [0, 0.1) is 5.92 Å². The first-order valence-electron chi connectivity index (χ1n) is 12.4. The van der Waals surface area contributed by atoms with Crippen LogP contribution in [-0.4, -0.2) is 47.8 Å². The van der Waals surface area contributed by atoms with Gasteiger partial charge in [-0.3, -0.25) is 14.5 Å². The fourth-order valence-electron chi connectivity index (χ4n) is 4.76. The second kappa shape index (κ2) is 11.3. The van der Waals surface area contributed by atoms with Crippen molar-refractivity contribution in [2.75, 3.05) is 26.2 Å². The third kappa shape index (κ3) is 5.65. The van der Waals surface area contributed by atoms with Crippen LogP contribution in [0.25, 0.3) is 10.8 Å². The number of hydrogen-bond donors (Lipinski definition) is 1. The second-order valence-electron chi connectivity index (χ2n) is 9.11. The van der Waals surface area contributed by atoms with E-state index in [1.807, 2.05) is 47.4 Å². The Morgan fingerprint density at radius 1 is 0.941 bits per heavy atom. The Labute approximate surface area is 202 Å². The molecule has 3 aromatic carbocycles. The zero-order valence-electron chi connectivity index (χ0n) is 20.3. The van der Waals surface area contributed by atoms with Gasteiger partial charge in [-0.1, -0.05) is 74.5 Å². The van der Waals surface area contributed by atoms with Crippen LogP contribution in [0.4, 0.5) is 0 Å². The molecule has 1 aliphatic rings. The monoisotopic (exact) mass is 457 g/mol. The molecule has 1 unspecified atom stereocenters. The van der Waals surface area contributed by atoms with E-state index in [2.05, 4.69) is 48.3 Å². The number of carbonyl (C=O) groups excluding carboxylic acids is 2. The van der Waals surface area contributed by atoms with E-state index in [1.165, 1.54) is 5.56 Å². The van der Waals surface area contributed by atoms with Crippen LogP contribution >= 0.6 is 0 Å². The molecule has 1 N–H and O–H groups in total. The van der Waals surface area contributed by atoms with E-state index in [1.54, 1.807) is 0 Å². The number of carbonyl (C=O) groups is 2. The summed E-state index contributed by atoms with van der Waals surface area (Å²) in [6.45, 7) is 9.05. The quantitative estimate of drug-likeness (QED) is 0.526. The Hall–Kier alpha value is -3.18. The lowest BCUT2D eigenvalue weighted by molar-refractivity contribution is -0.126. The maximum Gasteiger partial charge on any atom is 0.254 e. The van der Waals surface area contributed by atoms with Gasteiger partial charge in [0.25, 0.3) is 5.91 Å². The molecule has 1 aliphatic heterocycles. The fraction of sp³-hybridized carbons (Fsp3) is 0.379. The lowest BCUT2D eigenvalue weighted by Gasteiger charge is -2.32. The third-order valence-corrected chi connectivity index (χ3v) is 6.89. The van der Waals surface area contributed by atoms with Gasteiger partial charge < -0.3 is 10.2 Å². The zero-order valence-corrected chi connectivity index (χ0v) is 20.3. The molecule has 0 saturated carbocycles. The molecule has 3 aromatic rings. The average Bonchev–Trinajstić information content (AvgIpc) is 2.90. The Morgan fingerprint density at radius 2 is 1.65 bits per heavy atom. The Bertz CT molecular complexity index is 1120. The molecule has 1 atom stereocenters. The Kier molecular flexibility index (Phi) is 7.96. The zero-order chi connectivity index (χ0) is 23.9. The first-order valence-corrected chi connectivity index (χ1v) is 12.4. The molecule has 178 valence electrons. The highest BCUT2D eigenvalue weighted by molar-refractivity contribution is 6.07. The summed E-state index contributed by atoms with van der Waals surface area (Å²) in [6, 6.07) is 22.3. The van der Waals surface area contributed by atoms with E-state index in [4.69, 9.17) is 0 Å². The molecular formula is C29H35N3O2. The molecule has 0 spiro atoms. The summed E-state index contributed by atoms with van der Waals surface area (Å²) in [5.41, 5.74) is 3.09. The van der Waals surface area contributed by atoms with Crippen LogP contribution in [0.2, 0.25) is 0 Å². The van der Waals surface area contributed by atoms with Crippen molar-refractivity contribution < 1.29 is 9.59 Å². The molecular weight excluding hydrogens is 422 g/mol. The highest BCUT2D eigenvalue weighted by atomic mass is 16.2. The van der Waals surface area contributed by atoms with Crippen LogP contribution in [0.1, 0.15) is 48.2 Å². The first-order chi connectivity index (χ1) is 16.6. The third-order valence-electron chi connectivity index (χ3n) is 6.89. The predicted molar refractivity (Wildman–Crippen MR) is 137 cm³/mol. The number of hydrogen-bond acceptors (Lipinski definition) is 3. The lowest BCUT2D eigenvalue weighted by atomic mass is 9.95. The standard InChI is InChI=1S/C29H35N3O2/c1-3-31(4-2)20-23-16-14-22(15-17-23)19-30-28(33)25-11-8-18-32(21-25)29(34)27-13-7-10-24-9-5-6-12-26(24)27/h5-7,9-10,12-17,25H,3-4,8,11,18-21H2,1-2H3,(H,30,33). The molecule has 1 fully saturated rings. The number of rotatable bonds is 8. The van der Waals surface area contributed by atoms with Gasteiger partial charge in [0.1, 0.15) is 0 Å². The summed E-state index contributed by atoms with van der Waals surface area (Å²) < 4.78 is 0. The van der Waals surface area contributed by atoms with E-state index in [0.29, 0.717) is 25.2 Å². The maximum absolute atomic E-state index is 13.3. The van der Waals surface area contributed by atoms with E-state index in [9.17, 15) is 9.59 Å². The molecule has 1 saturated heterocycles. The van der Waals surface area contributed by atoms with Crippen molar-refractivity contribution in [2.24, 2.45) is 5.92 Å². The number of nitrogens with zero attached hydrogens (tertiary/aromatic N) is 2. The maximum atomic E-state index is 13.3. The van der Waals surface area contributed by atoms with Crippen molar-refractivity contribution in [2.45, 2.75) is 39.8 Å². The van der Waals surface area contributed by atoms with Crippen molar-refractivity contribution in [3.63, 3.8) is 0 Å². The largest absolute Gasteiger partial charge is 0.352 e. The van der Waals surface area contributed by atoms with Crippen molar-refractivity contribution in [3.05, 3.63) is 83.4 Å². The van der Waals surface area contributed by atoms with Gasteiger partial charge in [0.05, 0.1) is 5.92 Å². The Morgan fingerprint density at radius 3 is 2.41 bits per heavy atom. The Balaban J connectivity index is 1.34. The highest BCUT2D eigenvalue weighted by Gasteiger charge is 2.29. The molecule has 0 aliphatic carbocycles.